The molecule has 2 aromatic carbocycles. The van der Waals surface area contributed by atoms with Crippen molar-refractivity contribution in [3.05, 3.63) is 67.8 Å². The normalized spacial score (nSPS) is 11.8. The molecule has 10 heteroatoms. The first-order valence-electron chi connectivity index (χ1n) is 8.00. The van der Waals surface area contributed by atoms with E-state index in [0.29, 0.717) is 4.47 Å². The monoisotopic (exact) mass is 465 g/mol. The van der Waals surface area contributed by atoms with Crippen LogP contribution < -0.4 is 5.32 Å². The van der Waals surface area contributed by atoms with Crippen molar-refractivity contribution in [1.29, 1.82) is 0 Å². The van der Waals surface area contributed by atoms with Crippen molar-refractivity contribution < 1.29 is 19.2 Å². The number of rotatable bonds is 5. The Morgan fingerprint density at radius 1 is 1.29 bits per heavy atom. The maximum atomic E-state index is 12.4. The van der Waals surface area contributed by atoms with Gasteiger partial charge in [-0.1, -0.05) is 29.8 Å². The van der Waals surface area contributed by atoms with E-state index in [4.69, 9.17) is 16.3 Å². The Hall–Kier alpha value is -2.91. The van der Waals surface area contributed by atoms with E-state index in [1.807, 2.05) is 24.3 Å². The van der Waals surface area contributed by atoms with Gasteiger partial charge in [0.2, 0.25) is 0 Å². The highest BCUT2D eigenvalue weighted by Gasteiger charge is 2.23. The molecule has 1 aromatic heterocycles. The molecule has 1 unspecified atom stereocenters. The molecule has 2 N–H and O–H groups in total. The van der Waals surface area contributed by atoms with Crippen LogP contribution in [0, 0.1) is 10.1 Å². The quantitative estimate of drug-likeness (QED) is 0.322. The van der Waals surface area contributed by atoms with E-state index in [9.17, 15) is 19.7 Å². The van der Waals surface area contributed by atoms with Gasteiger partial charge in [-0.05, 0) is 35.0 Å². The van der Waals surface area contributed by atoms with Crippen molar-refractivity contribution in [2.75, 3.05) is 5.32 Å². The lowest BCUT2D eigenvalue weighted by molar-refractivity contribution is -0.384. The van der Waals surface area contributed by atoms with Crippen LogP contribution in [0.25, 0.3) is 10.9 Å². The number of ether oxygens (including phenoxy) is 1. The summed E-state index contributed by atoms with van der Waals surface area (Å²) in [5, 5.41) is 14.0. The van der Waals surface area contributed by atoms with Gasteiger partial charge >= 0.3 is 5.97 Å². The van der Waals surface area contributed by atoms with E-state index < -0.39 is 22.9 Å². The smallest absolute Gasteiger partial charge is 0.356 e. The fraction of sp³-hybridized carbons (Fsp3) is 0.111. The van der Waals surface area contributed by atoms with Gasteiger partial charge in [-0.2, -0.15) is 0 Å². The number of nitrogens with zero attached hydrogens (tertiary/aromatic N) is 1. The van der Waals surface area contributed by atoms with Crippen LogP contribution in [0.1, 0.15) is 17.4 Å². The van der Waals surface area contributed by atoms with Gasteiger partial charge in [0.25, 0.3) is 11.6 Å². The number of esters is 1. The third kappa shape index (κ3) is 4.00. The van der Waals surface area contributed by atoms with Crippen molar-refractivity contribution in [3.8, 4) is 0 Å². The number of aromatic nitrogens is 1. The molecular formula is C18H13BrClN3O5. The Bertz CT molecular complexity index is 1100. The molecule has 28 heavy (non-hydrogen) atoms. The minimum atomic E-state index is -1.13. The topological polar surface area (TPSA) is 114 Å². The Morgan fingerprint density at radius 3 is 2.64 bits per heavy atom. The molecule has 0 saturated carbocycles. The number of carbonyl (C=O) groups is 2. The fourth-order valence-electron chi connectivity index (χ4n) is 2.47. The molecule has 0 saturated heterocycles. The average Bonchev–Trinajstić information content (AvgIpc) is 3.00. The third-order valence-electron chi connectivity index (χ3n) is 3.92. The molecule has 1 heterocycles. The highest BCUT2D eigenvalue weighted by molar-refractivity contribution is 9.10. The summed E-state index contributed by atoms with van der Waals surface area (Å²) >= 11 is 9.31. The number of aromatic amines is 1. The summed E-state index contributed by atoms with van der Waals surface area (Å²) in [5.74, 6) is -1.34. The summed E-state index contributed by atoms with van der Waals surface area (Å²) in [4.78, 5) is 37.8. The molecule has 0 aliphatic rings. The maximum absolute atomic E-state index is 12.4. The van der Waals surface area contributed by atoms with Crippen LogP contribution in [-0.2, 0) is 9.53 Å². The number of para-hydroxylation sites is 1. The average molecular weight is 467 g/mol. The van der Waals surface area contributed by atoms with Crippen molar-refractivity contribution in [3.63, 3.8) is 0 Å². The molecule has 1 atom stereocenters. The van der Waals surface area contributed by atoms with Gasteiger partial charge in [-0.25, -0.2) is 4.79 Å². The summed E-state index contributed by atoms with van der Waals surface area (Å²) < 4.78 is 5.76. The van der Waals surface area contributed by atoms with Gasteiger partial charge in [0, 0.05) is 23.0 Å². The molecule has 0 bridgehead atoms. The number of H-pyrrole nitrogens is 1. The van der Waals surface area contributed by atoms with Crippen LogP contribution in [-0.4, -0.2) is 27.9 Å². The van der Waals surface area contributed by atoms with Crippen LogP contribution in [0.2, 0.25) is 5.02 Å². The van der Waals surface area contributed by atoms with Crippen molar-refractivity contribution in [2.24, 2.45) is 0 Å². The molecule has 144 valence electrons. The lowest BCUT2D eigenvalue weighted by Crippen LogP contribution is -2.30. The minimum absolute atomic E-state index is 0.000520. The number of non-ortho nitro benzene ring substituents is 1. The molecular weight excluding hydrogens is 454 g/mol. The first kappa shape index (κ1) is 19.8. The van der Waals surface area contributed by atoms with Crippen LogP contribution in [0.5, 0.6) is 0 Å². The largest absolute Gasteiger partial charge is 0.448 e. The Balaban J connectivity index is 1.70. The number of hydrogen-bond acceptors (Lipinski definition) is 5. The SMILES string of the molecule is CC(OC(=O)c1[nH]c2ccccc2c1Br)C(=O)Nc1ccc([N+](=O)[O-])cc1Cl. The molecule has 8 nitrogen and oxygen atoms in total. The zero-order chi connectivity index (χ0) is 20.4. The number of halogens is 2. The van der Waals surface area contributed by atoms with Crippen LogP contribution >= 0.6 is 27.5 Å². The van der Waals surface area contributed by atoms with E-state index >= 15 is 0 Å². The molecule has 0 aliphatic carbocycles. The first-order chi connectivity index (χ1) is 13.3. The molecule has 0 radical (unpaired) electrons. The summed E-state index contributed by atoms with van der Waals surface area (Å²) in [5.41, 5.74) is 0.906. The lowest BCUT2D eigenvalue weighted by atomic mass is 10.2. The summed E-state index contributed by atoms with van der Waals surface area (Å²) in [6.45, 7) is 1.41. The van der Waals surface area contributed by atoms with Gasteiger partial charge in [0.1, 0.15) is 5.69 Å². The number of fused-ring (bicyclic) bond motifs is 1. The summed E-state index contributed by atoms with van der Waals surface area (Å²) in [6, 6.07) is 10.9. The second kappa shape index (κ2) is 7.99. The number of nitro groups is 1. The Kier molecular flexibility index (Phi) is 5.66. The molecule has 1 amide bonds. The predicted octanol–water partition coefficient (Wildman–Crippen LogP) is 4.68. The van der Waals surface area contributed by atoms with Gasteiger partial charge in [0.05, 0.1) is 20.1 Å². The van der Waals surface area contributed by atoms with Gasteiger partial charge in [-0.3, -0.25) is 14.9 Å². The van der Waals surface area contributed by atoms with E-state index in [2.05, 4.69) is 26.2 Å². The molecule has 0 fully saturated rings. The van der Waals surface area contributed by atoms with Gasteiger partial charge in [-0.15, -0.1) is 0 Å². The third-order valence-corrected chi connectivity index (χ3v) is 5.06. The van der Waals surface area contributed by atoms with E-state index in [0.717, 1.165) is 17.0 Å². The highest BCUT2D eigenvalue weighted by Crippen LogP contribution is 2.29. The Morgan fingerprint density at radius 2 is 2.00 bits per heavy atom. The number of nitro benzene ring substituents is 1. The predicted molar refractivity (Wildman–Crippen MR) is 108 cm³/mol. The van der Waals surface area contributed by atoms with Crippen molar-refractivity contribution >= 4 is 61.7 Å². The fourth-order valence-corrected chi connectivity index (χ4v) is 3.30. The Labute approximate surface area is 172 Å². The second-order valence-corrected chi connectivity index (χ2v) is 7.02. The standard InChI is InChI=1S/C18H13BrClN3O5/c1-9(17(24)22-14-7-6-10(23(26)27)8-12(14)20)28-18(25)16-15(19)11-4-2-3-5-13(11)21-16/h2-9,21H,1H3,(H,22,24). The van der Waals surface area contributed by atoms with Crippen LogP contribution in [0.4, 0.5) is 11.4 Å². The molecule has 3 aromatic rings. The van der Waals surface area contributed by atoms with E-state index in [1.54, 1.807) is 0 Å². The number of anilines is 1. The molecule has 0 aliphatic heterocycles. The number of amides is 1. The maximum Gasteiger partial charge on any atom is 0.356 e. The molecule has 3 rings (SSSR count). The lowest BCUT2D eigenvalue weighted by Gasteiger charge is -2.14. The number of hydrogen-bond donors (Lipinski definition) is 2. The second-order valence-electron chi connectivity index (χ2n) is 5.82. The highest BCUT2D eigenvalue weighted by atomic mass is 79.9. The van der Waals surface area contributed by atoms with Crippen LogP contribution in [0.3, 0.4) is 0 Å². The van der Waals surface area contributed by atoms with E-state index in [1.165, 1.54) is 19.1 Å². The minimum Gasteiger partial charge on any atom is -0.448 e. The van der Waals surface area contributed by atoms with Crippen molar-refractivity contribution in [2.45, 2.75) is 13.0 Å². The molecule has 0 spiro atoms. The van der Waals surface area contributed by atoms with E-state index in [-0.39, 0.29) is 22.1 Å². The zero-order valence-electron chi connectivity index (χ0n) is 14.4. The number of carbonyl (C=O) groups excluding carboxylic acids is 2. The van der Waals surface area contributed by atoms with Gasteiger partial charge in [0.15, 0.2) is 6.10 Å². The summed E-state index contributed by atoms with van der Waals surface area (Å²) in [7, 11) is 0. The number of benzene rings is 2. The first-order valence-corrected chi connectivity index (χ1v) is 9.17. The summed E-state index contributed by atoms with van der Waals surface area (Å²) in [6.07, 6.45) is -1.13. The van der Waals surface area contributed by atoms with Crippen molar-refractivity contribution in [1.82, 2.24) is 4.98 Å². The zero-order valence-corrected chi connectivity index (χ0v) is 16.7. The number of nitrogens with one attached hydrogen (secondary N) is 2. The van der Waals surface area contributed by atoms with Crippen LogP contribution in [0.15, 0.2) is 46.9 Å². The van der Waals surface area contributed by atoms with Gasteiger partial charge < -0.3 is 15.0 Å².